The predicted molar refractivity (Wildman–Crippen MR) is 127 cm³/mol. The minimum absolute atomic E-state index is 0.173. The van der Waals surface area contributed by atoms with Crippen LogP contribution in [-0.2, 0) is 17.8 Å². The van der Waals surface area contributed by atoms with Crippen LogP contribution < -0.4 is 14.9 Å². The first-order valence-electron chi connectivity index (χ1n) is 9.63. The van der Waals surface area contributed by atoms with E-state index in [0.29, 0.717) is 13.2 Å². The molecule has 0 fully saturated rings. The number of carbonyl (C=O) groups is 1. The maximum Gasteiger partial charge on any atom is 0.244 e. The average molecular weight is 514 g/mol. The van der Waals surface area contributed by atoms with Crippen LogP contribution >= 0.6 is 22.6 Å². The summed E-state index contributed by atoms with van der Waals surface area (Å²) in [5, 5.41) is 4.03. The van der Waals surface area contributed by atoms with Gasteiger partial charge in [0, 0.05) is 3.57 Å². The monoisotopic (exact) mass is 514 g/mol. The largest absolute Gasteiger partial charge is 0.494 e. The number of nitrogens with zero attached hydrogens (tertiary/aromatic N) is 1. The molecule has 0 heterocycles. The van der Waals surface area contributed by atoms with Crippen LogP contribution in [0.1, 0.15) is 23.6 Å². The molecule has 30 heavy (non-hydrogen) atoms. The summed E-state index contributed by atoms with van der Waals surface area (Å²) >= 11 is 2.28. The molecule has 0 spiro atoms. The van der Waals surface area contributed by atoms with Gasteiger partial charge in [-0.2, -0.15) is 5.10 Å². The molecular formula is C24H23IN2O3. The second-order valence-corrected chi connectivity index (χ2v) is 7.78. The van der Waals surface area contributed by atoms with Gasteiger partial charge >= 0.3 is 0 Å². The van der Waals surface area contributed by atoms with Crippen LogP contribution in [0.3, 0.4) is 0 Å². The molecule has 6 heteroatoms. The normalized spacial score (nSPS) is 10.7. The molecule has 154 valence electrons. The van der Waals surface area contributed by atoms with Gasteiger partial charge in [-0.05, 0) is 94.7 Å². The fourth-order valence-electron chi connectivity index (χ4n) is 2.67. The van der Waals surface area contributed by atoms with Crippen LogP contribution in [0.4, 0.5) is 0 Å². The van der Waals surface area contributed by atoms with Crippen molar-refractivity contribution in [2.45, 2.75) is 20.0 Å². The zero-order valence-electron chi connectivity index (χ0n) is 16.7. The number of halogens is 1. The van der Waals surface area contributed by atoms with Gasteiger partial charge in [-0.3, -0.25) is 4.79 Å². The molecule has 0 unspecified atom stereocenters. The number of rotatable bonds is 9. The molecule has 0 aromatic heterocycles. The van der Waals surface area contributed by atoms with Crippen molar-refractivity contribution in [2.75, 3.05) is 6.61 Å². The number of amides is 1. The first-order valence-corrected chi connectivity index (χ1v) is 10.7. The smallest absolute Gasteiger partial charge is 0.244 e. The standard InChI is InChI=1S/C24H23IN2O3/c1-2-29-22-11-5-18(6-12-22)15-24(28)27-26-16-19-7-13-23(14-8-19)30-17-20-3-9-21(25)10-4-20/h3-14,16H,2,15,17H2,1H3,(H,27,28)/b26-16-. The third-order valence-electron chi connectivity index (χ3n) is 4.20. The maximum atomic E-state index is 12.0. The fourth-order valence-corrected chi connectivity index (χ4v) is 3.03. The highest BCUT2D eigenvalue weighted by atomic mass is 127. The zero-order valence-corrected chi connectivity index (χ0v) is 18.8. The molecule has 3 aromatic rings. The number of benzene rings is 3. The molecule has 0 saturated heterocycles. The van der Waals surface area contributed by atoms with Crippen molar-refractivity contribution in [2.24, 2.45) is 5.10 Å². The lowest BCUT2D eigenvalue weighted by molar-refractivity contribution is -0.120. The van der Waals surface area contributed by atoms with E-state index in [4.69, 9.17) is 9.47 Å². The van der Waals surface area contributed by atoms with Gasteiger partial charge in [0.2, 0.25) is 5.91 Å². The molecule has 0 aliphatic rings. The van der Waals surface area contributed by atoms with E-state index in [9.17, 15) is 4.79 Å². The highest BCUT2D eigenvalue weighted by Gasteiger charge is 2.03. The molecule has 1 amide bonds. The Bertz CT molecular complexity index is 969. The molecule has 0 saturated carbocycles. The summed E-state index contributed by atoms with van der Waals surface area (Å²) in [6.45, 7) is 3.07. The first-order chi connectivity index (χ1) is 14.6. The van der Waals surface area contributed by atoms with E-state index in [2.05, 4.69) is 57.4 Å². The van der Waals surface area contributed by atoms with Crippen LogP contribution in [0.25, 0.3) is 0 Å². The fraction of sp³-hybridized carbons (Fsp3) is 0.167. The van der Waals surface area contributed by atoms with E-state index in [0.717, 1.165) is 28.2 Å². The highest BCUT2D eigenvalue weighted by Crippen LogP contribution is 2.15. The van der Waals surface area contributed by atoms with E-state index in [1.165, 1.54) is 3.57 Å². The predicted octanol–water partition coefficient (Wildman–Crippen LogP) is 4.96. The second kappa shape index (κ2) is 11.3. The molecule has 3 rings (SSSR count). The minimum Gasteiger partial charge on any atom is -0.494 e. The molecule has 0 atom stereocenters. The topological polar surface area (TPSA) is 59.9 Å². The van der Waals surface area contributed by atoms with E-state index in [1.807, 2.05) is 55.5 Å². The number of hydrogen-bond donors (Lipinski definition) is 1. The number of nitrogens with one attached hydrogen (secondary N) is 1. The Morgan fingerprint density at radius 2 is 1.50 bits per heavy atom. The summed E-state index contributed by atoms with van der Waals surface area (Å²) in [4.78, 5) is 12.0. The van der Waals surface area contributed by atoms with Gasteiger partial charge in [-0.1, -0.05) is 24.3 Å². The van der Waals surface area contributed by atoms with Gasteiger partial charge in [-0.15, -0.1) is 0 Å². The lowest BCUT2D eigenvalue weighted by Gasteiger charge is -2.06. The minimum atomic E-state index is -0.173. The summed E-state index contributed by atoms with van der Waals surface area (Å²) in [5.41, 5.74) is 5.45. The van der Waals surface area contributed by atoms with Gasteiger partial charge in [0.15, 0.2) is 0 Å². The number of hydrogen-bond acceptors (Lipinski definition) is 4. The molecule has 0 aliphatic carbocycles. The Morgan fingerprint density at radius 1 is 0.900 bits per heavy atom. The van der Waals surface area contributed by atoms with Gasteiger partial charge < -0.3 is 9.47 Å². The van der Waals surface area contributed by atoms with E-state index < -0.39 is 0 Å². The van der Waals surface area contributed by atoms with Crippen LogP contribution in [0.2, 0.25) is 0 Å². The van der Waals surface area contributed by atoms with Crippen LogP contribution in [0.5, 0.6) is 11.5 Å². The molecule has 0 bridgehead atoms. The lowest BCUT2D eigenvalue weighted by atomic mass is 10.1. The number of carbonyl (C=O) groups excluding carboxylic acids is 1. The quantitative estimate of drug-likeness (QED) is 0.250. The van der Waals surface area contributed by atoms with Gasteiger partial charge in [0.1, 0.15) is 18.1 Å². The molecule has 0 radical (unpaired) electrons. The molecule has 5 nitrogen and oxygen atoms in total. The second-order valence-electron chi connectivity index (χ2n) is 6.53. The van der Waals surface area contributed by atoms with Crippen LogP contribution in [-0.4, -0.2) is 18.7 Å². The Kier molecular flexibility index (Phi) is 8.26. The summed E-state index contributed by atoms with van der Waals surface area (Å²) in [5.74, 6) is 1.41. The van der Waals surface area contributed by atoms with E-state index >= 15 is 0 Å². The lowest BCUT2D eigenvalue weighted by Crippen LogP contribution is -2.19. The Morgan fingerprint density at radius 3 is 2.17 bits per heavy atom. The summed E-state index contributed by atoms with van der Waals surface area (Å²) in [7, 11) is 0. The molecular weight excluding hydrogens is 491 g/mol. The third-order valence-corrected chi connectivity index (χ3v) is 4.92. The van der Waals surface area contributed by atoms with Crippen LogP contribution in [0, 0.1) is 3.57 Å². The van der Waals surface area contributed by atoms with Crippen LogP contribution in [0.15, 0.2) is 77.9 Å². The Balaban J connectivity index is 1.44. The first kappa shape index (κ1) is 21.8. The van der Waals surface area contributed by atoms with Crippen molar-refractivity contribution in [1.29, 1.82) is 0 Å². The van der Waals surface area contributed by atoms with Crippen molar-refractivity contribution in [3.8, 4) is 11.5 Å². The van der Waals surface area contributed by atoms with Crippen molar-refractivity contribution < 1.29 is 14.3 Å². The Labute approximate surface area is 190 Å². The van der Waals surface area contributed by atoms with Crippen molar-refractivity contribution >= 4 is 34.7 Å². The highest BCUT2D eigenvalue weighted by molar-refractivity contribution is 14.1. The zero-order chi connectivity index (χ0) is 21.2. The van der Waals surface area contributed by atoms with Crippen molar-refractivity contribution in [3.05, 3.63) is 93.1 Å². The maximum absolute atomic E-state index is 12.0. The van der Waals surface area contributed by atoms with Gasteiger partial charge in [0.05, 0.1) is 19.2 Å². The average Bonchev–Trinajstić information content (AvgIpc) is 2.76. The Hall–Kier alpha value is -2.87. The van der Waals surface area contributed by atoms with E-state index in [-0.39, 0.29) is 12.3 Å². The number of ether oxygens (including phenoxy) is 2. The molecule has 1 N–H and O–H groups in total. The molecule has 0 aliphatic heterocycles. The summed E-state index contributed by atoms with van der Waals surface area (Å²) in [6.07, 6.45) is 1.87. The summed E-state index contributed by atoms with van der Waals surface area (Å²) in [6, 6.07) is 23.3. The van der Waals surface area contributed by atoms with Gasteiger partial charge in [-0.25, -0.2) is 5.43 Å². The third kappa shape index (κ3) is 7.18. The molecule has 3 aromatic carbocycles. The van der Waals surface area contributed by atoms with E-state index in [1.54, 1.807) is 6.21 Å². The number of hydrazone groups is 1. The summed E-state index contributed by atoms with van der Waals surface area (Å²) < 4.78 is 12.4. The van der Waals surface area contributed by atoms with Crippen molar-refractivity contribution in [1.82, 2.24) is 5.43 Å². The SMILES string of the molecule is CCOc1ccc(CC(=O)N/N=C\c2ccc(OCc3ccc(I)cc3)cc2)cc1. The van der Waals surface area contributed by atoms with Gasteiger partial charge in [0.25, 0.3) is 0 Å². The van der Waals surface area contributed by atoms with Crippen molar-refractivity contribution in [3.63, 3.8) is 0 Å².